The van der Waals surface area contributed by atoms with Crippen LogP contribution in [-0.4, -0.2) is 51.4 Å². The summed E-state index contributed by atoms with van der Waals surface area (Å²) in [5.74, 6) is 0.0781. The van der Waals surface area contributed by atoms with Crippen LogP contribution < -0.4 is 0 Å². The Bertz CT molecular complexity index is 1020. The highest BCUT2D eigenvalue weighted by molar-refractivity contribution is 9.11. The van der Waals surface area contributed by atoms with Crippen molar-refractivity contribution in [1.82, 2.24) is 14.4 Å². The molecule has 28 heavy (non-hydrogen) atoms. The van der Waals surface area contributed by atoms with Gasteiger partial charge in [-0.2, -0.15) is 0 Å². The number of thiophene rings is 1. The van der Waals surface area contributed by atoms with E-state index in [0.29, 0.717) is 0 Å². The Hall–Kier alpha value is -2.23. The molecule has 0 unspecified atom stereocenters. The first kappa shape index (κ1) is 19.1. The number of hydrogen-bond donors (Lipinski definition) is 0. The van der Waals surface area contributed by atoms with E-state index in [1.54, 1.807) is 17.4 Å². The number of fused-ring (bicyclic) bond motifs is 1. The van der Waals surface area contributed by atoms with Crippen molar-refractivity contribution in [2.45, 2.75) is 13.1 Å². The Balaban J connectivity index is 1.35. The standard InChI is InChI=1S/C19H19BrN4O3S/c20-18-4-2-16(28-18)12-21-7-9-22(10-8-21)19(25)13-23-6-5-14-11-15(24(26)27)1-3-17(14)23/h1-6,11H,7-10,12-13H2. The maximum atomic E-state index is 12.7. The normalized spacial score (nSPS) is 15.2. The van der Waals surface area contributed by atoms with Crippen molar-refractivity contribution >= 4 is 49.8 Å². The minimum atomic E-state index is -0.406. The van der Waals surface area contributed by atoms with Crippen LogP contribution in [0.1, 0.15) is 4.88 Å². The van der Waals surface area contributed by atoms with Gasteiger partial charge in [0.25, 0.3) is 5.69 Å². The first-order valence-corrected chi connectivity index (χ1v) is 10.6. The fourth-order valence-corrected chi connectivity index (χ4v) is 5.02. The summed E-state index contributed by atoms with van der Waals surface area (Å²) in [4.78, 5) is 28.8. The molecule has 0 bridgehead atoms. The van der Waals surface area contributed by atoms with Crippen LogP contribution >= 0.6 is 27.3 Å². The Kier molecular flexibility index (Phi) is 5.47. The molecule has 0 aliphatic carbocycles. The number of aromatic nitrogens is 1. The molecule has 0 spiro atoms. The van der Waals surface area contributed by atoms with Crippen LogP contribution in [-0.2, 0) is 17.9 Å². The van der Waals surface area contributed by atoms with Crippen molar-refractivity contribution in [3.63, 3.8) is 0 Å². The van der Waals surface area contributed by atoms with Crippen LogP contribution in [0, 0.1) is 10.1 Å². The molecule has 4 rings (SSSR count). The molecule has 0 atom stereocenters. The van der Waals surface area contributed by atoms with Crippen molar-refractivity contribution in [2.24, 2.45) is 0 Å². The molecular weight excluding hydrogens is 444 g/mol. The van der Waals surface area contributed by atoms with Gasteiger partial charge < -0.3 is 9.47 Å². The maximum absolute atomic E-state index is 12.7. The number of non-ortho nitro benzene ring substituents is 1. The first-order chi connectivity index (χ1) is 13.5. The van der Waals surface area contributed by atoms with E-state index >= 15 is 0 Å². The van der Waals surface area contributed by atoms with Gasteiger partial charge in [0, 0.05) is 66.8 Å². The molecule has 1 amide bonds. The lowest BCUT2D eigenvalue weighted by Crippen LogP contribution is -2.49. The van der Waals surface area contributed by atoms with Gasteiger partial charge in [-0.15, -0.1) is 11.3 Å². The number of amides is 1. The third-order valence-corrected chi connectivity index (χ3v) is 6.61. The minimum absolute atomic E-state index is 0.0606. The number of nitro groups is 1. The molecule has 2 aromatic heterocycles. The number of benzene rings is 1. The first-order valence-electron chi connectivity index (χ1n) is 8.97. The number of hydrogen-bond acceptors (Lipinski definition) is 5. The van der Waals surface area contributed by atoms with E-state index < -0.39 is 4.92 Å². The zero-order chi connectivity index (χ0) is 19.7. The van der Waals surface area contributed by atoms with E-state index in [2.05, 4.69) is 33.0 Å². The highest BCUT2D eigenvalue weighted by Gasteiger charge is 2.22. The van der Waals surface area contributed by atoms with E-state index in [1.807, 2.05) is 21.7 Å². The SMILES string of the molecule is O=C(Cn1ccc2cc([N+](=O)[O-])ccc21)N1CCN(Cc2ccc(Br)s2)CC1. The lowest BCUT2D eigenvalue weighted by atomic mass is 10.2. The van der Waals surface area contributed by atoms with E-state index in [-0.39, 0.29) is 18.1 Å². The van der Waals surface area contributed by atoms with Gasteiger partial charge in [0.1, 0.15) is 6.54 Å². The van der Waals surface area contributed by atoms with Crippen molar-refractivity contribution in [3.8, 4) is 0 Å². The van der Waals surface area contributed by atoms with Gasteiger partial charge in [-0.3, -0.25) is 19.8 Å². The summed E-state index contributed by atoms with van der Waals surface area (Å²) < 4.78 is 3.00. The number of halogens is 1. The molecule has 3 heterocycles. The van der Waals surface area contributed by atoms with E-state index in [0.717, 1.165) is 47.4 Å². The van der Waals surface area contributed by atoms with Gasteiger partial charge >= 0.3 is 0 Å². The summed E-state index contributed by atoms with van der Waals surface area (Å²) in [6.45, 7) is 4.32. The van der Waals surface area contributed by atoms with Crippen LogP contribution in [0.2, 0.25) is 0 Å². The van der Waals surface area contributed by atoms with E-state index in [4.69, 9.17) is 0 Å². The maximum Gasteiger partial charge on any atom is 0.270 e. The summed E-state index contributed by atoms with van der Waals surface area (Å²) in [5, 5.41) is 11.7. The molecule has 1 aromatic carbocycles. The zero-order valence-electron chi connectivity index (χ0n) is 15.1. The average molecular weight is 463 g/mol. The summed E-state index contributed by atoms with van der Waals surface area (Å²) in [7, 11) is 0. The fourth-order valence-electron chi connectivity index (χ4n) is 3.50. The molecule has 7 nitrogen and oxygen atoms in total. The third kappa shape index (κ3) is 4.11. The predicted molar refractivity (Wildman–Crippen MR) is 112 cm³/mol. The summed E-state index contributed by atoms with van der Waals surface area (Å²) in [5.41, 5.74) is 0.895. The second kappa shape index (κ2) is 8.02. The lowest BCUT2D eigenvalue weighted by Gasteiger charge is -2.34. The molecule has 0 saturated carbocycles. The summed E-state index contributed by atoms with van der Waals surface area (Å²) in [6, 6.07) is 10.7. The smallest absolute Gasteiger partial charge is 0.270 e. The van der Waals surface area contributed by atoms with Crippen LogP contribution in [0.15, 0.2) is 46.4 Å². The van der Waals surface area contributed by atoms with Gasteiger partial charge in [0.2, 0.25) is 5.91 Å². The Morgan fingerprint density at radius 2 is 1.93 bits per heavy atom. The number of nitro benzene ring substituents is 1. The zero-order valence-corrected chi connectivity index (χ0v) is 17.5. The molecule has 0 N–H and O–H groups in total. The van der Waals surface area contributed by atoms with E-state index in [9.17, 15) is 14.9 Å². The number of piperazine rings is 1. The second-order valence-electron chi connectivity index (χ2n) is 6.81. The fraction of sp³-hybridized carbons (Fsp3) is 0.316. The molecule has 1 saturated heterocycles. The number of rotatable bonds is 5. The monoisotopic (exact) mass is 462 g/mol. The Morgan fingerprint density at radius 3 is 2.61 bits per heavy atom. The molecule has 0 radical (unpaired) electrons. The molecule has 1 fully saturated rings. The van der Waals surface area contributed by atoms with Gasteiger partial charge in [-0.05, 0) is 40.2 Å². The molecule has 9 heteroatoms. The summed E-state index contributed by atoms with van der Waals surface area (Å²) >= 11 is 5.24. The molecular formula is C19H19BrN4O3S. The lowest BCUT2D eigenvalue weighted by molar-refractivity contribution is -0.384. The van der Waals surface area contributed by atoms with Crippen LogP contribution in [0.5, 0.6) is 0 Å². The van der Waals surface area contributed by atoms with Crippen molar-refractivity contribution in [1.29, 1.82) is 0 Å². The van der Waals surface area contributed by atoms with Gasteiger partial charge in [0.05, 0.1) is 8.71 Å². The van der Waals surface area contributed by atoms with Crippen LogP contribution in [0.4, 0.5) is 5.69 Å². The minimum Gasteiger partial charge on any atom is -0.339 e. The van der Waals surface area contributed by atoms with Crippen LogP contribution in [0.3, 0.4) is 0 Å². The number of carbonyl (C=O) groups is 1. The van der Waals surface area contributed by atoms with Crippen molar-refractivity contribution in [3.05, 3.63) is 61.4 Å². The molecule has 3 aromatic rings. The molecule has 1 aliphatic heterocycles. The largest absolute Gasteiger partial charge is 0.339 e. The quantitative estimate of drug-likeness (QED) is 0.427. The topological polar surface area (TPSA) is 71.6 Å². The number of carbonyl (C=O) groups excluding carboxylic acids is 1. The highest BCUT2D eigenvalue weighted by atomic mass is 79.9. The third-order valence-electron chi connectivity index (χ3n) is 5.00. The van der Waals surface area contributed by atoms with E-state index in [1.165, 1.54) is 17.0 Å². The van der Waals surface area contributed by atoms with Crippen LogP contribution in [0.25, 0.3) is 10.9 Å². The van der Waals surface area contributed by atoms with Crippen molar-refractivity contribution < 1.29 is 9.72 Å². The predicted octanol–water partition coefficient (Wildman–Crippen LogP) is 3.72. The molecule has 1 aliphatic rings. The van der Waals surface area contributed by atoms with Gasteiger partial charge in [0.15, 0.2) is 0 Å². The average Bonchev–Trinajstić information content (AvgIpc) is 3.28. The van der Waals surface area contributed by atoms with Gasteiger partial charge in [-0.1, -0.05) is 0 Å². The van der Waals surface area contributed by atoms with Crippen molar-refractivity contribution in [2.75, 3.05) is 26.2 Å². The second-order valence-corrected chi connectivity index (χ2v) is 9.35. The summed E-state index contributed by atoms with van der Waals surface area (Å²) in [6.07, 6.45) is 1.82. The Morgan fingerprint density at radius 1 is 1.14 bits per heavy atom. The number of nitrogens with zero attached hydrogens (tertiary/aromatic N) is 4. The molecule has 146 valence electrons. The Labute approximate surface area is 174 Å². The highest BCUT2D eigenvalue weighted by Crippen LogP contribution is 2.24. The van der Waals surface area contributed by atoms with Gasteiger partial charge in [-0.25, -0.2) is 0 Å².